The van der Waals surface area contributed by atoms with Gasteiger partial charge in [-0.05, 0) is 23.4 Å². The Morgan fingerprint density at radius 2 is 1.68 bits per heavy atom. The highest BCUT2D eigenvalue weighted by Gasteiger charge is 2.23. The molecule has 1 atom stereocenters. The molecule has 0 bridgehead atoms. The summed E-state index contributed by atoms with van der Waals surface area (Å²) in [6.07, 6.45) is 5.01. The third-order valence-electron chi connectivity index (χ3n) is 4.97. The van der Waals surface area contributed by atoms with Crippen molar-refractivity contribution in [3.63, 3.8) is 0 Å². The van der Waals surface area contributed by atoms with E-state index in [1.165, 1.54) is 36.6 Å². The van der Waals surface area contributed by atoms with Crippen molar-refractivity contribution in [2.75, 3.05) is 26.2 Å². The van der Waals surface area contributed by atoms with Crippen molar-refractivity contribution in [1.29, 1.82) is 0 Å². The van der Waals surface area contributed by atoms with E-state index in [0.29, 0.717) is 11.8 Å². The number of hydrogen-bond donors (Lipinski definition) is 2. The summed E-state index contributed by atoms with van der Waals surface area (Å²) in [5.74, 6) is 0.386. The van der Waals surface area contributed by atoms with E-state index in [-0.39, 0.29) is 24.8 Å². The summed E-state index contributed by atoms with van der Waals surface area (Å²) < 4.78 is 0. The van der Waals surface area contributed by atoms with E-state index in [1.54, 1.807) is 0 Å². The third-order valence-corrected chi connectivity index (χ3v) is 4.97. The minimum atomic E-state index is 0. The number of unbranched alkanes of at least 4 members (excludes halogenated alkanes) is 2. The first-order valence-electron chi connectivity index (χ1n) is 8.96. The van der Waals surface area contributed by atoms with Gasteiger partial charge in [0.15, 0.2) is 0 Å². The SMILES string of the molecule is CCCCC[C@@H](c1ccc(O)c2ccccc12)N1CCNCC1.Cl.Cl. The maximum atomic E-state index is 10.2. The Bertz CT molecular complexity index is 645. The number of nitrogens with one attached hydrogen (secondary N) is 1. The standard InChI is InChI=1S/C20H28N2O.2ClH/c1-2-3-4-9-19(22-14-12-21-13-15-22)17-10-11-20(23)18-8-6-5-7-16(17)18;;/h5-8,10-11,19,21,23H,2-4,9,12-15H2,1H3;2*1H/t19-;;/m0../s1. The lowest BCUT2D eigenvalue weighted by atomic mass is 9.93. The van der Waals surface area contributed by atoms with Gasteiger partial charge >= 0.3 is 0 Å². The summed E-state index contributed by atoms with van der Waals surface area (Å²) in [7, 11) is 0. The van der Waals surface area contributed by atoms with Crippen molar-refractivity contribution >= 4 is 35.6 Å². The molecule has 1 aliphatic rings. The number of halogens is 2. The molecule has 25 heavy (non-hydrogen) atoms. The lowest BCUT2D eigenvalue weighted by Crippen LogP contribution is -2.45. The van der Waals surface area contributed by atoms with Gasteiger partial charge in [0.1, 0.15) is 5.75 Å². The molecule has 1 heterocycles. The molecule has 5 heteroatoms. The zero-order valence-corrected chi connectivity index (χ0v) is 16.5. The zero-order valence-electron chi connectivity index (χ0n) is 14.9. The summed E-state index contributed by atoms with van der Waals surface area (Å²) in [5, 5.41) is 15.8. The second-order valence-corrected chi connectivity index (χ2v) is 6.52. The molecule has 1 fully saturated rings. The van der Waals surface area contributed by atoms with Gasteiger partial charge in [-0.1, -0.05) is 56.5 Å². The number of phenolic OH excluding ortho intramolecular Hbond substituents is 1. The van der Waals surface area contributed by atoms with Crippen LogP contribution in [-0.2, 0) is 0 Å². The minimum absolute atomic E-state index is 0. The highest BCUT2D eigenvalue weighted by atomic mass is 35.5. The van der Waals surface area contributed by atoms with Gasteiger partial charge in [0.2, 0.25) is 0 Å². The first-order chi connectivity index (χ1) is 11.3. The fourth-order valence-corrected chi connectivity index (χ4v) is 3.71. The first kappa shape index (κ1) is 22.0. The average molecular weight is 385 g/mol. The van der Waals surface area contributed by atoms with Gasteiger partial charge < -0.3 is 10.4 Å². The van der Waals surface area contributed by atoms with Crippen molar-refractivity contribution < 1.29 is 5.11 Å². The monoisotopic (exact) mass is 384 g/mol. The van der Waals surface area contributed by atoms with Crippen LogP contribution in [0, 0.1) is 0 Å². The van der Waals surface area contributed by atoms with E-state index < -0.39 is 0 Å². The van der Waals surface area contributed by atoms with Crippen LogP contribution < -0.4 is 5.32 Å². The quantitative estimate of drug-likeness (QED) is 0.693. The van der Waals surface area contributed by atoms with Crippen molar-refractivity contribution in [2.45, 2.75) is 38.6 Å². The number of aromatic hydroxyl groups is 1. The molecule has 0 aliphatic carbocycles. The van der Waals surface area contributed by atoms with Gasteiger partial charge in [-0.2, -0.15) is 0 Å². The van der Waals surface area contributed by atoms with Crippen LogP contribution in [-0.4, -0.2) is 36.2 Å². The maximum absolute atomic E-state index is 10.2. The Labute approximate surface area is 163 Å². The van der Waals surface area contributed by atoms with Crippen molar-refractivity contribution in [3.05, 3.63) is 42.0 Å². The number of nitrogens with zero attached hydrogens (tertiary/aromatic N) is 1. The molecular formula is C20H30Cl2N2O. The Balaban J connectivity index is 0.00000156. The molecule has 2 aromatic rings. The largest absolute Gasteiger partial charge is 0.507 e. The number of fused-ring (bicyclic) bond motifs is 1. The number of phenols is 1. The van der Waals surface area contributed by atoms with Gasteiger partial charge in [-0.25, -0.2) is 0 Å². The summed E-state index contributed by atoms with van der Waals surface area (Å²) in [5.41, 5.74) is 1.37. The Morgan fingerprint density at radius 1 is 1.00 bits per heavy atom. The van der Waals surface area contributed by atoms with E-state index in [0.717, 1.165) is 31.6 Å². The molecule has 2 aromatic carbocycles. The van der Waals surface area contributed by atoms with E-state index >= 15 is 0 Å². The molecule has 0 unspecified atom stereocenters. The van der Waals surface area contributed by atoms with Crippen LogP contribution in [0.1, 0.15) is 44.2 Å². The Hall–Kier alpha value is -1.000. The third kappa shape index (κ3) is 5.24. The van der Waals surface area contributed by atoms with E-state index in [1.807, 2.05) is 18.2 Å². The highest BCUT2D eigenvalue weighted by Crippen LogP contribution is 2.35. The lowest BCUT2D eigenvalue weighted by molar-refractivity contribution is 0.163. The van der Waals surface area contributed by atoms with Crippen LogP contribution in [0.5, 0.6) is 5.75 Å². The van der Waals surface area contributed by atoms with Crippen LogP contribution in [0.15, 0.2) is 36.4 Å². The number of benzene rings is 2. The van der Waals surface area contributed by atoms with Crippen molar-refractivity contribution in [2.24, 2.45) is 0 Å². The van der Waals surface area contributed by atoms with Crippen LogP contribution in [0.4, 0.5) is 0 Å². The molecule has 0 radical (unpaired) electrons. The zero-order chi connectivity index (χ0) is 16.1. The summed E-state index contributed by atoms with van der Waals surface area (Å²) in [6, 6.07) is 12.7. The number of piperazine rings is 1. The number of hydrogen-bond acceptors (Lipinski definition) is 3. The molecule has 0 amide bonds. The van der Waals surface area contributed by atoms with E-state index in [9.17, 15) is 5.11 Å². The van der Waals surface area contributed by atoms with Gasteiger partial charge in [-0.15, -0.1) is 24.8 Å². The normalized spacial score (nSPS) is 16.0. The van der Waals surface area contributed by atoms with Crippen LogP contribution >= 0.6 is 24.8 Å². The molecule has 3 rings (SSSR count). The maximum Gasteiger partial charge on any atom is 0.123 e. The predicted molar refractivity (Wildman–Crippen MR) is 111 cm³/mol. The molecule has 140 valence electrons. The van der Waals surface area contributed by atoms with Crippen molar-refractivity contribution in [1.82, 2.24) is 10.2 Å². The van der Waals surface area contributed by atoms with E-state index in [2.05, 4.69) is 35.3 Å². The number of rotatable bonds is 6. The Morgan fingerprint density at radius 3 is 2.36 bits per heavy atom. The molecule has 2 N–H and O–H groups in total. The van der Waals surface area contributed by atoms with Gasteiger partial charge in [0, 0.05) is 37.6 Å². The molecule has 0 aromatic heterocycles. The van der Waals surface area contributed by atoms with Crippen LogP contribution in [0.2, 0.25) is 0 Å². The minimum Gasteiger partial charge on any atom is -0.507 e. The smallest absolute Gasteiger partial charge is 0.123 e. The first-order valence-corrected chi connectivity index (χ1v) is 8.96. The summed E-state index contributed by atoms with van der Waals surface area (Å²) in [4.78, 5) is 2.62. The van der Waals surface area contributed by atoms with Gasteiger partial charge in [0.25, 0.3) is 0 Å². The molecule has 0 saturated carbocycles. The summed E-state index contributed by atoms with van der Waals surface area (Å²) >= 11 is 0. The predicted octanol–water partition coefficient (Wildman–Crippen LogP) is 4.92. The molecular weight excluding hydrogens is 355 g/mol. The highest BCUT2D eigenvalue weighted by molar-refractivity contribution is 5.91. The van der Waals surface area contributed by atoms with Crippen LogP contribution in [0.3, 0.4) is 0 Å². The molecule has 3 nitrogen and oxygen atoms in total. The summed E-state index contributed by atoms with van der Waals surface area (Å²) in [6.45, 7) is 6.61. The fraction of sp³-hybridized carbons (Fsp3) is 0.500. The van der Waals surface area contributed by atoms with Crippen LogP contribution in [0.25, 0.3) is 10.8 Å². The van der Waals surface area contributed by atoms with Gasteiger partial charge in [0.05, 0.1) is 0 Å². The lowest BCUT2D eigenvalue weighted by Gasteiger charge is -2.36. The van der Waals surface area contributed by atoms with Crippen molar-refractivity contribution in [3.8, 4) is 5.75 Å². The fourth-order valence-electron chi connectivity index (χ4n) is 3.71. The Kier molecular flexibility index (Phi) is 9.58. The average Bonchev–Trinajstić information content (AvgIpc) is 2.61. The molecule has 1 saturated heterocycles. The second kappa shape index (κ2) is 10.9. The molecule has 0 spiro atoms. The van der Waals surface area contributed by atoms with Gasteiger partial charge in [-0.3, -0.25) is 4.90 Å². The van der Waals surface area contributed by atoms with E-state index in [4.69, 9.17) is 0 Å². The second-order valence-electron chi connectivity index (χ2n) is 6.52. The molecule has 1 aliphatic heterocycles. The topological polar surface area (TPSA) is 35.5 Å².